The standard InChI is InChI=1S/C11H16BrNO2/c1-2-11(7-14,8-15)4-9-3-10(12)6-13-5-9/h3,5-6,14-15H,2,4,7-8H2,1H3. The summed E-state index contributed by atoms with van der Waals surface area (Å²) in [5.74, 6) is 0. The molecule has 0 amide bonds. The van der Waals surface area contributed by atoms with Gasteiger partial charge in [0.1, 0.15) is 0 Å². The lowest BCUT2D eigenvalue weighted by Gasteiger charge is -2.28. The van der Waals surface area contributed by atoms with Gasteiger partial charge in [0.2, 0.25) is 0 Å². The van der Waals surface area contributed by atoms with E-state index in [4.69, 9.17) is 0 Å². The summed E-state index contributed by atoms with van der Waals surface area (Å²) in [7, 11) is 0. The molecule has 4 heteroatoms. The minimum absolute atomic E-state index is 0.00743. The average Bonchev–Trinajstić information content (AvgIpc) is 2.26. The number of rotatable bonds is 5. The number of hydrogen-bond acceptors (Lipinski definition) is 3. The van der Waals surface area contributed by atoms with Gasteiger partial charge in [0.25, 0.3) is 0 Å². The number of nitrogens with zero attached hydrogens (tertiary/aromatic N) is 1. The van der Waals surface area contributed by atoms with E-state index in [1.54, 1.807) is 12.4 Å². The molecule has 84 valence electrons. The summed E-state index contributed by atoms with van der Waals surface area (Å²) in [5.41, 5.74) is 0.594. The van der Waals surface area contributed by atoms with Crippen LogP contribution in [0.1, 0.15) is 18.9 Å². The van der Waals surface area contributed by atoms with Crippen LogP contribution in [0.5, 0.6) is 0 Å². The van der Waals surface area contributed by atoms with Crippen LogP contribution in [0.3, 0.4) is 0 Å². The first-order valence-corrected chi connectivity index (χ1v) is 5.76. The van der Waals surface area contributed by atoms with Crippen LogP contribution in [-0.4, -0.2) is 28.4 Å². The minimum Gasteiger partial charge on any atom is -0.396 e. The third-order valence-corrected chi connectivity index (χ3v) is 3.20. The molecule has 0 unspecified atom stereocenters. The Balaban J connectivity index is 2.82. The molecule has 0 aromatic carbocycles. The number of aliphatic hydroxyl groups excluding tert-OH is 2. The zero-order valence-corrected chi connectivity index (χ0v) is 10.4. The Morgan fingerprint density at radius 3 is 2.47 bits per heavy atom. The Labute approximate surface area is 98.3 Å². The highest BCUT2D eigenvalue weighted by Crippen LogP contribution is 2.26. The predicted molar refractivity (Wildman–Crippen MR) is 62.5 cm³/mol. The van der Waals surface area contributed by atoms with Crippen molar-refractivity contribution in [1.82, 2.24) is 4.98 Å². The van der Waals surface area contributed by atoms with Crippen molar-refractivity contribution >= 4 is 15.9 Å². The van der Waals surface area contributed by atoms with Gasteiger partial charge < -0.3 is 10.2 Å². The Kier molecular flexibility index (Phi) is 4.70. The third-order valence-electron chi connectivity index (χ3n) is 2.76. The van der Waals surface area contributed by atoms with Crippen molar-refractivity contribution in [2.75, 3.05) is 13.2 Å². The van der Waals surface area contributed by atoms with Crippen LogP contribution in [-0.2, 0) is 6.42 Å². The lowest BCUT2D eigenvalue weighted by molar-refractivity contribution is 0.0513. The van der Waals surface area contributed by atoms with Gasteiger partial charge in [-0.15, -0.1) is 0 Å². The number of halogens is 1. The number of hydrogen-bond donors (Lipinski definition) is 2. The SMILES string of the molecule is CCC(CO)(CO)Cc1cncc(Br)c1. The predicted octanol–water partition coefficient (Wildman–Crippen LogP) is 1.77. The van der Waals surface area contributed by atoms with Gasteiger partial charge in [-0.3, -0.25) is 4.98 Å². The van der Waals surface area contributed by atoms with Gasteiger partial charge in [-0.05, 0) is 40.4 Å². The number of pyridine rings is 1. The Morgan fingerprint density at radius 1 is 1.33 bits per heavy atom. The fourth-order valence-electron chi connectivity index (χ4n) is 1.50. The van der Waals surface area contributed by atoms with Gasteiger partial charge in [0.05, 0.1) is 13.2 Å². The van der Waals surface area contributed by atoms with Crippen LogP contribution in [0.15, 0.2) is 22.9 Å². The molecule has 0 saturated heterocycles. The van der Waals surface area contributed by atoms with E-state index in [1.165, 1.54) is 0 Å². The van der Waals surface area contributed by atoms with Gasteiger partial charge >= 0.3 is 0 Å². The van der Waals surface area contributed by atoms with Crippen molar-refractivity contribution in [3.63, 3.8) is 0 Å². The topological polar surface area (TPSA) is 53.4 Å². The van der Waals surface area contributed by atoms with Gasteiger partial charge in [0, 0.05) is 22.3 Å². The van der Waals surface area contributed by atoms with E-state index < -0.39 is 5.41 Å². The molecule has 0 saturated carbocycles. The van der Waals surface area contributed by atoms with Crippen LogP contribution in [0, 0.1) is 5.41 Å². The molecule has 0 atom stereocenters. The minimum atomic E-state index is -0.428. The van der Waals surface area contributed by atoms with Crippen molar-refractivity contribution < 1.29 is 10.2 Å². The molecule has 0 radical (unpaired) electrons. The molecular formula is C11H16BrNO2. The monoisotopic (exact) mass is 273 g/mol. The molecule has 0 aliphatic heterocycles. The van der Waals surface area contributed by atoms with Crippen LogP contribution < -0.4 is 0 Å². The molecule has 3 nitrogen and oxygen atoms in total. The molecule has 1 aromatic heterocycles. The van der Waals surface area contributed by atoms with Crippen molar-refractivity contribution in [3.8, 4) is 0 Å². The fourth-order valence-corrected chi connectivity index (χ4v) is 1.91. The summed E-state index contributed by atoms with van der Waals surface area (Å²) in [4.78, 5) is 4.06. The highest BCUT2D eigenvalue weighted by Gasteiger charge is 2.27. The molecule has 1 rings (SSSR count). The maximum Gasteiger partial charge on any atom is 0.0512 e. The van der Waals surface area contributed by atoms with Gasteiger partial charge in [-0.2, -0.15) is 0 Å². The Hall–Kier alpha value is -0.450. The highest BCUT2D eigenvalue weighted by atomic mass is 79.9. The van der Waals surface area contributed by atoms with Crippen LogP contribution >= 0.6 is 15.9 Å². The van der Waals surface area contributed by atoms with E-state index in [9.17, 15) is 10.2 Å². The van der Waals surface area contributed by atoms with E-state index in [2.05, 4.69) is 20.9 Å². The van der Waals surface area contributed by atoms with E-state index in [1.807, 2.05) is 13.0 Å². The first kappa shape index (κ1) is 12.6. The van der Waals surface area contributed by atoms with Crippen molar-refractivity contribution in [2.24, 2.45) is 5.41 Å². The maximum absolute atomic E-state index is 9.32. The molecule has 0 bridgehead atoms. The smallest absolute Gasteiger partial charge is 0.0512 e. The van der Waals surface area contributed by atoms with Crippen molar-refractivity contribution in [3.05, 3.63) is 28.5 Å². The first-order chi connectivity index (χ1) is 7.15. The zero-order valence-electron chi connectivity index (χ0n) is 8.78. The Bertz CT molecular complexity index is 305. The van der Waals surface area contributed by atoms with E-state index in [0.717, 1.165) is 16.5 Å². The molecule has 1 heterocycles. The molecule has 0 spiro atoms. The van der Waals surface area contributed by atoms with E-state index in [0.29, 0.717) is 6.42 Å². The Morgan fingerprint density at radius 2 is 2.00 bits per heavy atom. The molecular weight excluding hydrogens is 258 g/mol. The van der Waals surface area contributed by atoms with Crippen LogP contribution in [0.2, 0.25) is 0 Å². The van der Waals surface area contributed by atoms with Crippen LogP contribution in [0.4, 0.5) is 0 Å². The van der Waals surface area contributed by atoms with E-state index in [-0.39, 0.29) is 13.2 Å². The van der Waals surface area contributed by atoms with Gasteiger partial charge in [0.15, 0.2) is 0 Å². The fraction of sp³-hybridized carbons (Fsp3) is 0.545. The summed E-state index contributed by atoms with van der Waals surface area (Å²) in [6.45, 7) is 1.96. The quantitative estimate of drug-likeness (QED) is 0.860. The molecule has 2 N–H and O–H groups in total. The molecule has 0 fully saturated rings. The molecule has 0 aliphatic rings. The lowest BCUT2D eigenvalue weighted by Crippen LogP contribution is -2.31. The summed E-state index contributed by atoms with van der Waals surface area (Å²) < 4.78 is 0.917. The second-order valence-electron chi connectivity index (χ2n) is 3.86. The molecule has 1 aromatic rings. The summed E-state index contributed by atoms with van der Waals surface area (Å²) in [6.07, 6.45) is 4.87. The largest absolute Gasteiger partial charge is 0.396 e. The maximum atomic E-state index is 9.32. The molecule has 0 aliphatic carbocycles. The average molecular weight is 274 g/mol. The number of aromatic nitrogens is 1. The van der Waals surface area contributed by atoms with E-state index >= 15 is 0 Å². The second-order valence-corrected chi connectivity index (χ2v) is 4.77. The van der Waals surface area contributed by atoms with Gasteiger partial charge in [-0.25, -0.2) is 0 Å². The first-order valence-electron chi connectivity index (χ1n) is 4.97. The lowest BCUT2D eigenvalue weighted by atomic mass is 9.81. The summed E-state index contributed by atoms with van der Waals surface area (Å²) >= 11 is 3.35. The van der Waals surface area contributed by atoms with Crippen LogP contribution in [0.25, 0.3) is 0 Å². The molecule has 15 heavy (non-hydrogen) atoms. The highest BCUT2D eigenvalue weighted by molar-refractivity contribution is 9.10. The normalized spacial score (nSPS) is 11.7. The van der Waals surface area contributed by atoms with Crippen molar-refractivity contribution in [1.29, 1.82) is 0 Å². The second kappa shape index (κ2) is 5.58. The summed E-state index contributed by atoms with van der Waals surface area (Å²) in [6, 6.07) is 1.96. The zero-order chi connectivity index (χ0) is 11.3. The van der Waals surface area contributed by atoms with Gasteiger partial charge in [-0.1, -0.05) is 6.92 Å². The number of aliphatic hydroxyl groups is 2. The third kappa shape index (κ3) is 3.26. The van der Waals surface area contributed by atoms with Crippen molar-refractivity contribution in [2.45, 2.75) is 19.8 Å². The summed E-state index contributed by atoms with van der Waals surface area (Å²) in [5, 5.41) is 18.6.